The lowest BCUT2D eigenvalue weighted by atomic mass is 10.1. The van der Waals surface area contributed by atoms with Gasteiger partial charge in [-0.2, -0.15) is 0 Å². The molecule has 1 atom stereocenters. The van der Waals surface area contributed by atoms with Crippen LogP contribution in [0.5, 0.6) is 0 Å². The highest BCUT2D eigenvalue weighted by Gasteiger charge is 2.27. The number of hydrogen-bond acceptors (Lipinski definition) is 8. The van der Waals surface area contributed by atoms with E-state index >= 15 is 0 Å². The van der Waals surface area contributed by atoms with Gasteiger partial charge in [0.05, 0.1) is 22.1 Å². The van der Waals surface area contributed by atoms with E-state index in [2.05, 4.69) is 20.8 Å². The van der Waals surface area contributed by atoms with Gasteiger partial charge in [0.1, 0.15) is 6.10 Å². The van der Waals surface area contributed by atoms with Gasteiger partial charge in [-0.15, -0.1) is 0 Å². The molecule has 0 fully saturated rings. The second kappa shape index (κ2) is 8.08. The average Bonchev–Trinajstić information content (AvgIpc) is 2.96. The smallest absolute Gasteiger partial charge is 0.259 e. The van der Waals surface area contributed by atoms with Gasteiger partial charge in [0, 0.05) is 33.1 Å². The van der Waals surface area contributed by atoms with Crippen LogP contribution in [0.4, 0.5) is 5.95 Å². The van der Waals surface area contributed by atoms with E-state index in [0.717, 1.165) is 6.26 Å². The molecule has 0 radical (unpaired) electrons. The molecule has 2 rings (SSSR count). The number of nitrogens with zero attached hydrogens (tertiary/aromatic N) is 4. The van der Waals surface area contributed by atoms with Crippen LogP contribution in [-0.4, -0.2) is 61.6 Å². The number of sulfone groups is 1. The number of methoxy groups -OCH3 is 2. The highest BCUT2D eigenvalue weighted by atomic mass is 35.5. The van der Waals surface area contributed by atoms with Crippen LogP contribution in [0.1, 0.15) is 22.0 Å². The first kappa shape index (κ1) is 20.2. The molecule has 0 aliphatic heterocycles. The molecule has 12 heteroatoms. The quantitative estimate of drug-likeness (QED) is 0.721. The van der Waals surface area contributed by atoms with Crippen LogP contribution < -0.4 is 5.32 Å². The summed E-state index contributed by atoms with van der Waals surface area (Å²) in [6, 6.07) is 2.63. The van der Waals surface area contributed by atoms with E-state index in [9.17, 15) is 13.2 Å². The second-order valence-corrected chi connectivity index (χ2v) is 7.73. The number of carbonyl (C=O) groups is 1. The molecule has 1 aromatic carbocycles. The van der Waals surface area contributed by atoms with Crippen LogP contribution in [0.2, 0.25) is 5.02 Å². The Labute approximate surface area is 155 Å². The highest BCUT2D eigenvalue weighted by Crippen LogP contribution is 2.35. The maximum absolute atomic E-state index is 12.5. The molecule has 1 unspecified atom stereocenters. The maximum atomic E-state index is 12.5. The number of aryl methyl sites for hydroxylation is 1. The van der Waals surface area contributed by atoms with Gasteiger partial charge in [-0.25, -0.2) is 13.1 Å². The first-order chi connectivity index (χ1) is 12.2. The molecule has 1 N–H and O–H groups in total. The number of nitrogens with one attached hydrogen (secondary N) is 1. The van der Waals surface area contributed by atoms with Gasteiger partial charge < -0.3 is 9.47 Å². The Bertz CT molecular complexity index is 914. The van der Waals surface area contributed by atoms with Crippen LogP contribution in [0.15, 0.2) is 17.0 Å². The minimum atomic E-state index is -3.62. The van der Waals surface area contributed by atoms with Crippen LogP contribution in [0, 0.1) is 0 Å². The van der Waals surface area contributed by atoms with Gasteiger partial charge >= 0.3 is 0 Å². The average molecular weight is 404 g/mol. The van der Waals surface area contributed by atoms with Crippen LogP contribution in [0.25, 0.3) is 0 Å². The summed E-state index contributed by atoms with van der Waals surface area (Å²) in [5.41, 5.74) is 0.206. The summed E-state index contributed by atoms with van der Waals surface area (Å²) < 4.78 is 35.9. The number of rotatable bonds is 7. The Morgan fingerprint density at radius 3 is 2.58 bits per heavy atom. The molecule has 0 saturated carbocycles. The normalized spacial score (nSPS) is 12.8. The van der Waals surface area contributed by atoms with E-state index < -0.39 is 21.8 Å². The number of amides is 1. The topological polar surface area (TPSA) is 125 Å². The van der Waals surface area contributed by atoms with Crippen molar-refractivity contribution in [1.82, 2.24) is 20.2 Å². The van der Waals surface area contributed by atoms with E-state index in [0.29, 0.717) is 0 Å². The summed E-state index contributed by atoms with van der Waals surface area (Å²) in [5, 5.41) is 13.1. The summed E-state index contributed by atoms with van der Waals surface area (Å²) in [5.74, 6) is -0.485. The molecule has 1 heterocycles. The molecule has 1 aromatic heterocycles. The molecule has 0 saturated heterocycles. The van der Waals surface area contributed by atoms with Crippen molar-refractivity contribution in [2.45, 2.75) is 11.0 Å². The fourth-order valence-electron chi connectivity index (χ4n) is 2.30. The van der Waals surface area contributed by atoms with Crippen LogP contribution in [0.3, 0.4) is 0 Å². The summed E-state index contributed by atoms with van der Waals surface area (Å²) in [4.78, 5) is 12.5. The first-order valence-corrected chi connectivity index (χ1v) is 9.55. The van der Waals surface area contributed by atoms with Gasteiger partial charge in [-0.3, -0.25) is 10.1 Å². The highest BCUT2D eigenvalue weighted by molar-refractivity contribution is 7.90. The fourth-order valence-corrected chi connectivity index (χ4v) is 3.68. The molecule has 0 aliphatic carbocycles. The molecular formula is C14H18ClN5O5S. The van der Waals surface area contributed by atoms with E-state index in [-0.39, 0.29) is 33.6 Å². The minimum absolute atomic E-state index is 0.0386. The molecule has 0 aliphatic rings. The van der Waals surface area contributed by atoms with E-state index in [1.807, 2.05) is 0 Å². The number of hydrogen-bond donors (Lipinski definition) is 1. The molecule has 26 heavy (non-hydrogen) atoms. The van der Waals surface area contributed by atoms with Crippen molar-refractivity contribution in [3.8, 4) is 0 Å². The molecule has 142 valence electrons. The molecule has 0 bridgehead atoms. The number of ether oxygens (including phenoxy) is 2. The van der Waals surface area contributed by atoms with E-state index in [4.69, 9.17) is 21.1 Å². The van der Waals surface area contributed by atoms with Gasteiger partial charge in [0.15, 0.2) is 9.84 Å². The van der Waals surface area contributed by atoms with Crippen molar-refractivity contribution >= 4 is 33.3 Å². The predicted molar refractivity (Wildman–Crippen MR) is 92.9 cm³/mol. The number of aromatic nitrogens is 4. The molecule has 0 spiro atoms. The Morgan fingerprint density at radius 1 is 1.38 bits per heavy atom. The SMILES string of the molecule is COCC(OC)c1c(S(C)(=O)=O)ccc(C(=O)Nc2nnnn2C)c1Cl. The zero-order chi connectivity index (χ0) is 19.5. The van der Waals surface area contributed by atoms with Gasteiger partial charge in [-0.1, -0.05) is 16.7 Å². The lowest BCUT2D eigenvalue weighted by Crippen LogP contribution is -2.19. The summed E-state index contributed by atoms with van der Waals surface area (Å²) in [6.07, 6.45) is 0.272. The zero-order valence-electron chi connectivity index (χ0n) is 14.6. The Morgan fingerprint density at radius 2 is 2.08 bits per heavy atom. The largest absolute Gasteiger partial charge is 0.382 e. The first-order valence-electron chi connectivity index (χ1n) is 7.28. The van der Waals surface area contributed by atoms with Crippen molar-refractivity contribution in [3.05, 3.63) is 28.3 Å². The number of tetrazole rings is 1. The second-order valence-electron chi connectivity index (χ2n) is 5.37. The lowest BCUT2D eigenvalue weighted by Gasteiger charge is -2.20. The number of halogens is 1. The summed E-state index contributed by atoms with van der Waals surface area (Å²) >= 11 is 6.38. The van der Waals surface area contributed by atoms with Crippen molar-refractivity contribution in [3.63, 3.8) is 0 Å². The minimum Gasteiger partial charge on any atom is -0.382 e. The van der Waals surface area contributed by atoms with Gasteiger partial charge in [0.2, 0.25) is 5.95 Å². The fraction of sp³-hybridized carbons (Fsp3) is 0.429. The molecular weight excluding hydrogens is 386 g/mol. The lowest BCUT2D eigenvalue weighted by molar-refractivity contribution is 0.0259. The Balaban J connectivity index is 2.55. The van der Waals surface area contributed by atoms with E-state index in [1.165, 1.54) is 31.0 Å². The van der Waals surface area contributed by atoms with Crippen LogP contribution in [-0.2, 0) is 26.4 Å². The van der Waals surface area contributed by atoms with Crippen molar-refractivity contribution in [2.75, 3.05) is 32.4 Å². The molecule has 1 amide bonds. The van der Waals surface area contributed by atoms with Gasteiger partial charge in [-0.05, 0) is 22.6 Å². The molecule has 2 aromatic rings. The number of carbonyl (C=O) groups excluding carboxylic acids is 1. The van der Waals surface area contributed by atoms with Gasteiger partial charge in [0.25, 0.3) is 5.91 Å². The number of anilines is 1. The van der Waals surface area contributed by atoms with Crippen molar-refractivity contribution in [2.24, 2.45) is 7.05 Å². The Kier molecular flexibility index (Phi) is 6.29. The summed E-state index contributed by atoms with van der Waals surface area (Å²) in [6.45, 7) is 0.0526. The zero-order valence-corrected chi connectivity index (χ0v) is 16.1. The van der Waals surface area contributed by atoms with Crippen molar-refractivity contribution in [1.29, 1.82) is 0 Å². The monoisotopic (exact) mass is 403 g/mol. The molecule has 10 nitrogen and oxygen atoms in total. The third kappa shape index (κ3) is 4.18. The van der Waals surface area contributed by atoms with E-state index in [1.54, 1.807) is 7.05 Å². The third-order valence-corrected chi connectivity index (χ3v) is 5.12. The van der Waals surface area contributed by atoms with Crippen LogP contribution >= 0.6 is 11.6 Å². The predicted octanol–water partition coefficient (Wildman–Crippen LogP) is 0.853. The number of benzene rings is 1. The summed E-state index contributed by atoms with van der Waals surface area (Å²) in [7, 11) is 0.769. The maximum Gasteiger partial charge on any atom is 0.259 e. The standard InChI is InChI=1S/C14H18ClN5O5S/c1-20-14(17-18-19-20)16-13(21)8-5-6-10(26(4,22)23)11(12(8)15)9(25-3)7-24-2/h5-6,9H,7H2,1-4H3,(H,16,17,19,21). The third-order valence-electron chi connectivity index (χ3n) is 3.55. The van der Waals surface area contributed by atoms with Crippen molar-refractivity contribution < 1.29 is 22.7 Å². The Hall–Kier alpha value is -2.08.